The molecule has 0 aliphatic carbocycles. The molecule has 0 unspecified atom stereocenters. The number of amides is 1. The molecule has 7 nitrogen and oxygen atoms in total. The number of benzene rings is 1. The summed E-state index contributed by atoms with van der Waals surface area (Å²) >= 11 is 1.31. The lowest BCUT2D eigenvalue weighted by molar-refractivity contribution is -0.114. The van der Waals surface area contributed by atoms with E-state index in [4.69, 9.17) is 0 Å². The van der Waals surface area contributed by atoms with Crippen molar-refractivity contribution in [2.45, 2.75) is 20.4 Å². The standard InChI is InChI=1S/C15H16N6OS/c1-10-7-13(21-6-5-16-9-21)4-3-12(10)8-17-14-19-20-15(23-14)18-11(2)22/h3-7,9H,8H2,1-2H3,(H,17,19)(H,18,20,22). The van der Waals surface area contributed by atoms with E-state index in [9.17, 15) is 4.79 Å². The molecule has 1 aromatic carbocycles. The largest absolute Gasteiger partial charge is 0.356 e. The second-order valence-corrected chi connectivity index (χ2v) is 6.01. The maximum Gasteiger partial charge on any atom is 0.223 e. The Labute approximate surface area is 137 Å². The lowest BCUT2D eigenvalue weighted by Gasteiger charge is -2.09. The smallest absolute Gasteiger partial charge is 0.223 e. The van der Waals surface area contributed by atoms with Crippen LogP contribution in [0.15, 0.2) is 36.9 Å². The van der Waals surface area contributed by atoms with Gasteiger partial charge in [0, 0.05) is 31.5 Å². The minimum atomic E-state index is -0.154. The van der Waals surface area contributed by atoms with Crippen molar-refractivity contribution >= 4 is 27.5 Å². The molecule has 0 radical (unpaired) electrons. The van der Waals surface area contributed by atoms with Gasteiger partial charge in [0.1, 0.15) is 0 Å². The quantitative estimate of drug-likeness (QED) is 0.752. The third-order valence-electron chi connectivity index (χ3n) is 3.27. The molecule has 0 saturated heterocycles. The maximum atomic E-state index is 11.0. The highest BCUT2D eigenvalue weighted by molar-refractivity contribution is 7.19. The van der Waals surface area contributed by atoms with Crippen LogP contribution in [0.5, 0.6) is 0 Å². The molecular formula is C15H16N6OS. The van der Waals surface area contributed by atoms with Crippen LogP contribution in [0.25, 0.3) is 5.69 Å². The Kier molecular flexibility index (Phi) is 4.33. The average molecular weight is 328 g/mol. The SMILES string of the molecule is CC(=O)Nc1nnc(NCc2ccc(-n3ccnc3)cc2C)s1. The Bertz CT molecular complexity index is 811. The third kappa shape index (κ3) is 3.72. The van der Waals surface area contributed by atoms with Crippen molar-refractivity contribution in [2.75, 3.05) is 10.6 Å². The van der Waals surface area contributed by atoms with Gasteiger partial charge in [-0.25, -0.2) is 4.98 Å². The molecule has 1 amide bonds. The van der Waals surface area contributed by atoms with Crippen molar-refractivity contribution in [1.29, 1.82) is 0 Å². The van der Waals surface area contributed by atoms with Crippen molar-refractivity contribution in [1.82, 2.24) is 19.7 Å². The van der Waals surface area contributed by atoms with Gasteiger partial charge in [0.15, 0.2) is 0 Å². The van der Waals surface area contributed by atoms with E-state index in [1.54, 1.807) is 12.5 Å². The normalized spacial score (nSPS) is 10.5. The number of carbonyl (C=O) groups is 1. The average Bonchev–Trinajstić information content (AvgIpc) is 3.17. The number of nitrogens with zero attached hydrogens (tertiary/aromatic N) is 4. The zero-order chi connectivity index (χ0) is 16.2. The van der Waals surface area contributed by atoms with Crippen LogP contribution in [-0.4, -0.2) is 25.7 Å². The molecule has 2 aromatic heterocycles. The van der Waals surface area contributed by atoms with Crippen LogP contribution >= 0.6 is 11.3 Å². The monoisotopic (exact) mass is 328 g/mol. The summed E-state index contributed by atoms with van der Waals surface area (Å²) in [6.07, 6.45) is 5.45. The first-order valence-corrected chi connectivity index (χ1v) is 7.86. The molecule has 0 bridgehead atoms. The molecule has 0 aliphatic rings. The number of imidazole rings is 1. The van der Waals surface area contributed by atoms with Gasteiger partial charge in [-0.1, -0.05) is 17.4 Å². The topological polar surface area (TPSA) is 84.7 Å². The molecule has 3 aromatic rings. The minimum Gasteiger partial charge on any atom is -0.356 e. The van der Waals surface area contributed by atoms with Crippen LogP contribution in [0, 0.1) is 6.92 Å². The Balaban J connectivity index is 1.66. The van der Waals surface area contributed by atoms with E-state index in [1.165, 1.54) is 29.4 Å². The lowest BCUT2D eigenvalue weighted by Crippen LogP contribution is -2.04. The highest BCUT2D eigenvalue weighted by Crippen LogP contribution is 2.21. The van der Waals surface area contributed by atoms with Crippen LogP contribution < -0.4 is 10.6 Å². The fraction of sp³-hybridized carbons (Fsp3) is 0.200. The van der Waals surface area contributed by atoms with Gasteiger partial charge in [0.05, 0.1) is 6.33 Å². The zero-order valence-corrected chi connectivity index (χ0v) is 13.6. The number of rotatable bonds is 5. The summed E-state index contributed by atoms with van der Waals surface area (Å²) in [5, 5.41) is 14.9. The number of aromatic nitrogens is 4. The first-order valence-electron chi connectivity index (χ1n) is 7.04. The maximum absolute atomic E-state index is 11.0. The number of hydrogen-bond acceptors (Lipinski definition) is 6. The van der Waals surface area contributed by atoms with Crippen molar-refractivity contribution in [2.24, 2.45) is 0 Å². The molecule has 0 atom stereocenters. The van der Waals surface area contributed by atoms with Crippen molar-refractivity contribution in [3.8, 4) is 5.69 Å². The molecule has 2 heterocycles. The van der Waals surface area contributed by atoms with Gasteiger partial charge in [-0.15, -0.1) is 10.2 Å². The number of carbonyl (C=O) groups excluding carboxylic acids is 1. The summed E-state index contributed by atoms with van der Waals surface area (Å²) in [6, 6.07) is 6.24. The second-order valence-electron chi connectivity index (χ2n) is 5.03. The number of anilines is 2. The molecule has 0 aliphatic heterocycles. The van der Waals surface area contributed by atoms with Gasteiger partial charge in [0.25, 0.3) is 0 Å². The molecule has 2 N–H and O–H groups in total. The van der Waals surface area contributed by atoms with Gasteiger partial charge in [-0.05, 0) is 30.2 Å². The van der Waals surface area contributed by atoms with E-state index in [2.05, 4.69) is 50.9 Å². The molecular weight excluding hydrogens is 312 g/mol. The van der Waals surface area contributed by atoms with Crippen molar-refractivity contribution < 1.29 is 4.79 Å². The summed E-state index contributed by atoms with van der Waals surface area (Å²) in [5.74, 6) is -0.154. The van der Waals surface area contributed by atoms with E-state index in [0.717, 1.165) is 5.69 Å². The van der Waals surface area contributed by atoms with E-state index in [1.807, 2.05) is 10.8 Å². The summed E-state index contributed by atoms with van der Waals surface area (Å²) in [7, 11) is 0. The number of nitrogens with one attached hydrogen (secondary N) is 2. The van der Waals surface area contributed by atoms with Crippen molar-refractivity contribution in [3.05, 3.63) is 48.0 Å². The fourth-order valence-corrected chi connectivity index (χ4v) is 2.80. The lowest BCUT2D eigenvalue weighted by atomic mass is 10.1. The summed E-state index contributed by atoms with van der Waals surface area (Å²) in [6.45, 7) is 4.16. The van der Waals surface area contributed by atoms with Gasteiger partial charge in [-0.2, -0.15) is 0 Å². The van der Waals surface area contributed by atoms with Crippen LogP contribution in [-0.2, 0) is 11.3 Å². The Hall–Kier alpha value is -2.74. The summed E-state index contributed by atoms with van der Waals surface area (Å²) in [4.78, 5) is 15.0. The van der Waals surface area contributed by atoms with E-state index < -0.39 is 0 Å². The van der Waals surface area contributed by atoms with E-state index in [0.29, 0.717) is 16.8 Å². The predicted molar refractivity (Wildman–Crippen MR) is 89.8 cm³/mol. The van der Waals surface area contributed by atoms with E-state index >= 15 is 0 Å². The third-order valence-corrected chi connectivity index (χ3v) is 4.06. The van der Waals surface area contributed by atoms with Crippen LogP contribution in [0.4, 0.5) is 10.3 Å². The molecule has 0 spiro atoms. The van der Waals surface area contributed by atoms with Crippen LogP contribution in [0.3, 0.4) is 0 Å². The molecule has 3 rings (SSSR count). The second kappa shape index (κ2) is 6.57. The Morgan fingerprint density at radius 1 is 1.30 bits per heavy atom. The minimum absolute atomic E-state index is 0.154. The Morgan fingerprint density at radius 3 is 2.83 bits per heavy atom. The van der Waals surface area contributed by atoms with Gasteiger partial charge in [0.2, 0.25) is 16.2 Å². The van der Waals surface area contributed by atoms with Crippen LogP contribution in [0.2, 0.25) is 0 Å². The first-order chi connectivity index (χ1) is 11.1. The van der Waals surface area contributed by atoms with Gasteiger partial charge >= 0.3 is 0 Å². The molecule has 23 heavy (non-hydrogen) atoms. The van der Waals surface area contributed by atoms with E-state index in [-0.39, 0.29) is 5.91 Å². The highest BCUT2D eigenvalue weighted by Gasteiger charge is 2.06. The molecule has 118 valence electrons. The number of aryl methyl sites for hydroxylation is 1. The first kappa shape index (κ1) is 15.2. The molecule has 0 fully saturated rings. The fourth-order valence-electron chi connectivity index (χ4n) is 2.12. The molecule has 0 saturated carbocycles. The predicted octanol–water partition coefficient (Wildman–Crippen LogP) is 2.60. The highest BCUT2D eigenvalue weighted by atomic mass is 32.1. The number of hydrogen-bond donors (Lipinski definition) is 2. The van der Waals surface area contributed by atoms with Gasteiger partial charge < -0.3 is 15.2 Å². The Morgan fingerprint density at radius 2 is 2.13 bits per heavy atom. The van der Waals surface area contributed by atoms with Crippen molar-refractivity contribution in [3.63, 3.8) is 0 Å². The zero-order valence-electron chi connectivity index (χ0n) is 12.8. The van der Waals surface area contributed by atoms with Crippen LogP contribution in [0.1, 0.15) is 18.1 Å². The van der Waals surface area contributed by atoms with Gasteiger partial charge in [-0.3, -0.25) is 4.79 Å². The molecule has 8 heteroatoms. The summed E-state index contributed by atoms with van der Waals surface area (Å²) < 4.78 is 1.97. The summed E-state index contributed by atoms with van der Waals surface area (Å²) in [5.41, 5.74) is 3.42.